The van der Waals surface area contributed by atoms with Gasteiger partial charge in [-0.05, 0) is 18.6 Å². The molecule has 7 heteroatoms. The lowest BCUT2D eigenvalue weighted by atomic mass is 10.1. The molecule has 2 rings (SSSR count). The van der Waals surface area contributed by atoms with Crippen LogP contribution >= 0.6 is 0 Å². The number of para-hydroxylation sites is 1. The highest BCUT2D eigenvalue weighted by Crippen LogP contribution is 2.34. The number of alkyl halides is 3. The fourth-order valence-corrected chi connectivity index (χ4v) is 2.07. The van der Waals surface area contributed by atoms with E-state index in [4.69, 9.17) is 0 Å². The van der Waals surface area contributed by atoms with Crippen LogP contribution in [-0.2, 0) is 15.8 Å². The lowest BCUT2D eigenvalue weighted by molar-refractivity contribution is -0.137. The fraction of sp³-hybridized carbons (Fsp3) is 0.385. The van der Waals surface area contributed by atoms with Crippen LogP contribution in [0.15, 0.2) is 24.3 Å². The first-order valence-electron chi connectivity index (χ1n) is 6.12. The number of hydrogen-bond acceptors (Lipinski definition) is 2. The van der Waals surface area contributed by atoms with Gasteiger partial charge < -0.3 is 10.2 Å². The number of nitrogens with one attached hydrogen (secondary N) is 1. The number of hydrogen-bond donors (Lipinski definition) is 1. The average Bonchev–Trinajstić information content (AvgIpc) is 2.74. The van der Waals surface area contributed by atoms with Crippen LogP contribution in [0.4, 0.5) is 18.9 Å². The van der Waals surface area contributed by atoms with Gasteiger partial charge in [0.25, 0.3) is 0 Å². The number of likely N-dealkylation sites (tertiary alicyclic amines) is 1. The third-order valence-corrected chi connectivity index (χ3v) is 3.01. The standard InChI is InChI=1S/C13H13F3N2O2/c14-13(15,16)9-4-1-2-5-10(9)17-11(19)8-18-7-3-6-12(18)20/h1-2,4-5H,3,6-8H2,(H,17,19). The van der Waals surface area contributed by atoms with Crippen LogP contribution in [0, 0.1) is 0 Å². The molecule has 2 amide bonds. The molecule has 4 nitrogen and oxygen atoms in total. The van der Waals surface area contributed by atoms with Gasteiger partial charge in [0, 0.05) is 13.0 Å². The Labute approximate surface area is 113 Å². The van der Waals surface area contributed by atoms with Gasteiger partial charge in [-0.15, -0.1) is 0 Å². The molecule has 0 saturated carbocycles. The molecule has 0 atom stereocenters. The summed E-state index contributed by atoms with van der Waals surface area (Å²) in [6, 6.07) is 4.75. The topological polar surface area (TPSA) is 49.4 Å². The minimum absolute atomic E-state index is 0.149. The van der Waals surface area contributed by atoms with E-state index in [2.05, 4.69) is 5.32 Å². The Morgan fingerprint density at radius 3 is 2.60 bits per heavy atom. The zero-order chi connectivity index (χ0) is 14.8. The van der Waals surface area contributed by atoms with Gasteiger partial charge in [-0.25, -0.2) is 0 Å². The van der Waals surface area contributed by atoms with Crippen molar-refractivity contribution in [2.75, 3.05) is 18.4 Å². The second-order valence-corrected chi connectivity index (χ2v) is 4.51. The van der Waals surface area contributed by atoms with Gasteiger partial charge in [0.2, 0.25) is 11.8 Å². The highest BCUT2D eigenvalue weighted by atomic mass is 19.4. The molecule has 1 fully saturated rings. The predicted octanol–water partition coefficient (Wildman–Crippen LogP) is 2.27. The third-order valence-electron chi connectivity index (χ3n) is 3.01. The van der Waals surface area contributed by atoms with Crippen molar-refractivity contribution in [3.05, 3.63) is 29.8 Å². The molecule has 1 saturated heterocycles. The van der Waals surface area contributed by atoms with Crippen molar-refractivity contribution in [3.63, 3.8) is 0 Å². The first kappa shape index (κ1) is 14.4. The molecule has 0 spiro atoms. The van der Waals surface area contributed by atoms with E-state index < -0.39 is 17.6 Å². The molecule has 0 aromatic heterocycles. The summed E-state index contributed by atoms with van der Waals surface area (Å²) in [6.07, 6.45) is -3.48. The molecule has 1 aliphatic rings. The van der Waals surface area contributed by atoms with E-state index in [0.29, 0.717) is 19.4 Å². The number of carbonyl (C=O) groups excluding carboxylic acids is 2. The smallest absolute Gasteiger partial charge is 0.333 e. The molecule has 20 heavy (non-hydrogen) atoms. The zero-order valence-corrected chi connectivity index (χ0v) is 10.5. The summed E-state index contributed by atoms with van der Waals surface area (Å²) in [7, 11) is 0. The van der Waals surface area contributed by atoms with Crippen LogP contribution in [0.2, 0.25) is 0 Å². The predicted molar refractivity (Wildman–Crippen MR) is 65.9 cm³/mol. The van der Waals surface area contributed by atoms with E-state index in [0.717, 1.165) is 6.07 Å². The Morgan fingerprint density at radius 2 is 2.00 bits per heavy atom. The van der Waals surface area contributed by atoms with Crippen molar-refractivity contribution in [3.8, 4) is 0 Å². The van der Waals surface area contributed by atoms with E-state index in [9.17, 15) is 22.8 Å². The van der Waals surface area contributed by atoms with E-state index in [-0.39, 0.29) is 18.1 Å². The van der Waals surface area contributed by atoms with Gasteiger partial charge in [-0.1, -0.05) is 12.1 Å². The minimum Gasteiger partial charge on any atom is -0.333 e. The molecule has 1 aromatic rings. The highest BCUT2D eigenvalue weighted by molar-refractivity contribution is 5.95. The molecule has 108 valence electrons. The summed E-state index contributed by atoms with van der Waals surface area (Å²) >= 11 is 0. The van der Waals surface area contributed by atoms with Crippen molar-refractivity contribution in [2.24, 2.45) is 0 Å². The number of benzene rings is 1. The Balaban J connectivity index is 2.06. The van der Waals surface area contributed by atoms with Gasteiger partial charge in [0.1, 0.15) is 0 Å². The van der Waals surface area contributed by atoms with Crippen LogP contribution in [0.5, 0.6) is 0 Å². The number of rotatable bonds is 3. The number of anilines is 1. The first-order valence-corrected chi connectivity index (χ1v) is 6.12. The zero-order valence-electron chi connectivity index (χ0n) is 10.5. The van der Waals surface area contributed by atoms with Crippen molar-refractivity contribution in [2.45, 2.75) is 19.0 Å². The number of amides is 2. The van der Waals surface area contributed by atoms with Crippen LogP contribution in [0.25, 0.3) is 0 Å². The van der Waals surface area contributed by atoms with E-state index >= 15 is 0 Å². The largest absolute Gasteiger partial charge is 0.418 e. The Hall–Kier alpha value is -2.05. The van der Waals surface area contributed by atoms with E-state index in [1.807, 2.05) is 0 Å². The molecule has 0 radical (unpaired) electrons. The number of carbonyl (C=O) groups is 2. The number of nitrogens with zero attached hydrogens (tertiary/aromatic N) is 1. The lowest BCUT2D eigenvalue weighted by Gasteiger charge is -2.17. The summed E-state index contributed by atoms with van der Waals surface area (Å²) in [4.78, 5) is 24.4. The summed E-state index contributed by atoms with van der Waals surface area (Å²) in [5, 5.41) is 2.21. The molecule has 0 bridgehead atoms. The molecule has 1 N–H and O–H groups in total. The number of halogens is 3. The van der Waals surface area contributed by atoms with Gasteiger partial charge in [0.05, 0.1) is 17.8 Å². The normalized spacial score (nSPS) is 15.6. The van der Waals surface area contributed by atoms with Gasteiger partial charge in [-0.3, -0.25) is 9.59 Å². The summed E-state index contributed by atoms with van der Waals surface area (Å²) in [5.41, 5.74) is -1.20. The SMILES string of the molecule is O=C(CN1CCCC1=O)Nc1ccccc1C(F)(F)F. The average molecular weight is 286 g/mol. The minimum atomic E-state index is -4.53. The van der Waals surface area contributed by atoms with E-state index in [1.54, 1.807) is 0 Å². The Bertz CT molecular complexity index is 529. The molecular formula is C13H13F3N2O2. The van der Waals surface area contributed by atoms with Crippen molar-refractivity contribution >= 4 is 17.5 Å². The van der Waals surface area contributed by atoms with E-state index in [1.165, 1.54) is 23.1 Å². The molecule has 0 aliphatic carbocycles. The van der Waals surface area contributed by atoms with Crippen LogP contribution in [0.3, 0.4) is 0 Å². The maximum atomic E-state index is 12.7. The summed E-state index contributed by atoms with van der Waals surface area (Å²) < 4.78 is 38.2. The van der Waals surface area contributed by atoms with Crippen molar-refractivity contribution in [1.29, 1.82) is 0 Å². The summed E-state index contributed by atoms with van der Waals surface area (Å²) in [5.74, 6) is -0.777. The second kappa shape index (κ2) is 5.52. The highest BCUT2D eigenvalue weighted by Gasteiger charge is 2.33. The van der Waals surface area contributed by atoms with Gasteiger partial charge in [-0.2, -0.15) is 13.2 Å². The van der Waals surface area contributed by atoms with Crippen LogP contribution in [-0.4, -0.2) is 29.8 Å². The van der Waals surface area contributed by atoms with Gasteiger partial charge >= 0.3 is 6.18 Å². The molecule has 1 aliphatic heterocycles. The fourth-order valence-electron chi connectivity index (χ4n) is 2.07. The summed E-state index contributed by atoms with van der Waals surface area (Å²) in [6.45, 7) is 0.248. The van der Waals surface area contributed by atoms with Crippen molar-refractivity contribution in [1.82, 2.24) is 4.90 Å². The molecular weight excluding hydrogens is 273 g/mol. The lowest BCUT2D eigenvalue weighted by Crippen LogP contribution is -2.34. The maximum absolute atomic E-state index is 12.7. The van der Waals surface area contributed by atoms with Crippen LogP contribution < -0.4 is 5.32 Å². The first-order chi connectivity index (χ1) is 9.38. The molecule has 1 aromatic carbocycles. The Morgan fingerprint density at radius 1 is 1.30 bits per heavy atom. The Kier molecular flexibility index (Phi) is 3.96. The van der Waals surface area contributed by atoms with Crippen LogP contribution in [0.1, 0.15) is 18.4 Å². The second-order valence-electron chi connectivity index (χ2n) is 4.51. The molecule has 1 heterocycles. The van der Waals surface area contributed by atoms with Gasteiger partial charge in [0.15, 0.2) is 0 Å². The molecule has 0 unspecified atom stereocenters. The van der Waals surface area contributed by atoms with Crippen molar-refractivity contribution < 1.29 is 22.8 Å². The third kappa shape index (κ3) is 3.28. The monoisotopic (exact) mass is 286 g/mol. The maximum Gasteiger partial charge on any atom is 0.418 e. The quantitative estimate of drug-likeness (QED) is 0.926.